The topological polar surface area (TPSA) is 90.4 Å². The number of likely N-dealkylation sites (tertiary alicyclic amines) is 1. The van der Waals surface area contributed by atoms with E-state index in [1.54, 1.807) is 34.1 Å². The predicted molar refractivity (Wildman–Crippen MR) is 140 cm³/mol. The van der Waals surface area contributed by atoms with E-state index in [-0.39, 0.29) is 30.9 Å². The first-order chi connectivity index (χ1) is 17.8. The first-order valence-corrected chi connectivity index (χ1v) is 13.5. The predicted octanol–water partition coefficient (Wildman–Crippen LogP) is 2.79. The molecule has 0 aromatic heterocycles. The number of fused-ring (bicyclic) bond motifs is 2. The summed E-state index contributed by atoms with van der Waals surface area (Å²) < 4.78 is 6.91. The summed E-state index contributed by atoms with van der Waals surface area (Å²) >= 11 is 6.09. The van der Waals surface area contributed by atoms with Crippen molar-refractivity contribution in [1.82, 2.24) is 9.80 Å². The SMILES string of the molecule is CCCN1CC=C[C@@]2(CC)O[C@]34C=CCN(c5ccc(Cl)cc5)C(=O)C3N(CCCO)C(=O)[C@@H]4[C@H]2C1=O. The number of rotatable bonds is 7. The Hall–Kier alpha value is -2.68. The number of carbonyl (C=O) groups excluding carboxylic acids is 3. The molecule has 9 heteroatoms. The van der Waals surface area contributed by atoms with Crippen molar-refractivity contribution in [1.29, 1.82) is 0 Å². The quantitative estimate of drug-likeness (QED) is 0.551. The van der Waals surface area contributed by atoms with Crippen LogP contribution in [0.2, 0.25) is 5.02 Å². The van der Waals surface area contributed by atoms with Crippen molar-refractivity contribution in [3.63, 3.8) is 0 Å². The molecule has 1 N–H and O–H groups in total. The molecule has 0 bridgehead atoms. The number of aliphatic hydroxyl groups excluding tert-OH is 1. The van der Waals surface area contributed by atoms with E-state index in [1.807, 2.05) is 38.2 Å². The largest absolute Gasteiger partial charge is 0.396 e. The number of halogens is 1. The molecule has 4 aliphatic rings. The monoisotopic (exact) mass is 527 g/mol. The molecular formula is C28H34ClN3O5. The summed E-state index contributed by atoms with van der Waals surface area (Å²) in [6.07, 6.45) is 9.25. The molecule has 4 heterocycles. The fourth-order valence-corrected chi connectivity index (χ4v) is 6.74. The van der Waals surface area contributed by atoms with E-state index in [2.05, 4.69) is 0 Å². The van der Waals surface area contributed by atoms with Gasteiger partial charge in [-0.1, -0.05) is 49.8 Å². The average Bonchev–Trinajstić information content (AvgIpc) is 3.18. The van der Waals surface area contributed by atoms with Gasteiger partial charge >= 0.3 is 0 Å². The molecule has 198 valence electrons. The number of ether oxygens (including phenoxy) is 1. The Labute approximate surface area is 222 Å². The van der Waals surface area contributed by atoms with Crippen LogP contribution >= 0.6 is 11.6 Å². The lowest BCUT2D eigenvalue weighted by Crippen LogP contribution is -2.56. The van der Waals surface area contributed by atoms with E-state index >= 15 is 0 Å². The highest BCUT2D eigenvalue weighted by Crippen LogP contribution is 2.58. The third kappa shape index (κ3) is 3.92. The van der Waals surface area contributed by atoms with Crippen LogP contribution in [0.4, 0.5) is 5.69 Å². The summed E-state index contributed by atoms with van der Waals surface area (Å²) in [6.45, 7) is 5.42. The van der Waals surface area contributed by atoms with Crippen LogP contribution < -0.4 is 4.90 Å². The van der Waals surface area contributed by atoms with E-state index in [0.29, 0.717) is 43.2 Å². The molecule has 1 spiro atoms. The Balaban J connectivity index is 1.64. The average molecular weight is 528 g/mol. The number of hydrogen-bond acceptors (Lipinski definition) is 5. The second kappa shape index (κ2) is 9.89. The first kappa shape index (κ1) is 25.9. The van der Waals surface area contributed by atoms with E-state index in [0.717, 1.165) is 6.42 Å². The lowest BCUT2D eigenvalue weighted by atomic mass is 9.73. The van der Waals surface area contributed by atoms with E-state index in [4.69, 9.17) is 16.3 Å². The van der Waals surface area contributed by atoms with Crippen LogP contribution in [0.1, 0.15) is 33.1 Å². The Morgan fingerprint density at radius 2 is 1.70 bits per heavy atom. The van der Waals surface area contributed by atoms with Crippen LogP contribution in [0.5, 0.6) is 0 Å². The minimum atomic E-state index is -1.29. The summed E-state index contributed by atoms with van der Waals surface area (Å²) in [5.74, 6) is -2.22. The summed E-state index contributed by atoms with van der Waals surface area (Å²) in [7, 11) is 0. The van der Waals surface area contributed by atoms with Gasteiger partial charge in [-0.05, 0) is 43.5 Å². The molecule has 0 saturated carbocycles. The Morgan fingerprint density at radius 1 is 0.973 bits per heavy atom. The highest BCUT2D eigenvalue weighted by molar-refractivity contribution is 6.30. The van der Waals surface area contributed by atoms with Gasteiger partial charge in [-0.25, -0.2) is 0 Å². The lowest BCUT2D eigenvalue weighted by Gasteiger charge is -2.38. The molecule has 1 unspecified atom stereocenters. The van der Waals surface area contributed by atoms with E-state index in [9.17, 15) is 19.5 Å². The normalized spacial score (nSPS) is 32.9. The number of aliphatic hydroxyl groups is 1. The Bertz CT molecular complexity index is 1140. The van der Waals surface area contributed by atoms with Crippen LogP contribution in [0, 0.1) is 11.8 Å². The zero-order valence-electron chi connectivity index (χ0n) is 21.3. The first-order valence-electron chi connectivity index (χ1n) is 13.2. The van der Waals surface area contributed by atoms with Gasteiger partial charge in [0.2, 0.25) is 11.8 Å². The molecule has 0 radical (unpaired) electrons. The maximum Gasteiger partial charge on any atom is 0.253 e. The van der Waals surface area contributed by atoms with Crippen molar-refractivity contribution in [3.05, 3.63) is 53.6 Å². The second-order valence-corrected chi connectivity index (χ2v) is 10.7. The zero-order chi connectivity index (χ0) is 26.4. The van der Waals surface area contributed by atoms with Gasteiger partial charge < -0.3 is 24.5 Å². The van der Waals surface area contributed by atoms with Gasteiger partial charge in [0.25, 0.3) is 5.91 Å². The van der Waals surface area contributed by atoms with Gasteiger partial charge in [0.1, 0.15) is 11.6 Å². The summed E-state index contributed by atoms with van der Waals surface area (Å²) in [5, 5.41) is 10.1. The second-order valence-electron chi connectivity index (χ2n) is 10.2. The Morgan fingerprint density at radius 3 is 2.38 bits per heavy atom. The molecule has 5 rings (SSSR count). The number of carbonyl (C=O) groups is 3. The lowest BCUT2D eigenvalue weighted by molar-refractivity contribution is -0.150. The van der Waals surface area contributed by atoms with Crippen LogP contribution in [0.3, 0.4) is 0 Å². The summed E-state index contributed by atoms with van der Waals surface area (Å²) in [4.78, 5) is 47.4. The van der Waals surface area contributed by atoms with Crippen molar-refractivity contribution < 1.29 is 24.2 Å². The van der Waals surface area contributed by atoms with Gasteiger partial charge in [-0.2, -0.15) is 0 Å². The molecule has 1 aromatic carbocycles. The highest BCUT2D eigenvalue weighted by atomic mass is 35.5. The van der Waals surface area contributed by atoms with Crippen LogP contribution in [0.25, 0.3) is 0 Å². The Kier molecular flexibility index (Phi) is 6.94. The molecule has 4 aliphatic heterocycles. The van der Waals surface area contributed by atoms with Crippen LogP contribution in [-0.4, -0.2) is 82.7 Å². The van der Waals surface area contributed by atoms with Crippen molar-refractivity contribution in [2.75, 3.05) is 37.7 Å². The number of hydrogen-bond donors (Lipinski definition) is 1. The van der Waals surface area contributed by atoms with Crippen molar-refractivity contribution in [3.8, 4) is 0 Å². The van der Waals surface area contributed by atoms with Gasteiger partial charge in [0.05, 0.1) is 17.4 Å². The van der Waals surface area contributed by atoms with Gasteiger partial charge in [0.15, 0.2) is 0 Å². The number of benzene rings is 1. The third-order valence-corrected chi connectivity index (χ3v) is 8.46. The van der Waals surface area contributed by atoms with Gasteiger partial charge in [-0.3, -0.25) is 14.4 Å². The van der Waals surface area contributed by atoms with Crippen LogP contribution in [-0.2, 0) is 19.1 Å². The third-order valence-electron chi connectivity index (χ3n) is 8.21. The van der Waals surface area contributed by atoms with Gasteiger partial charge in [-0.15, -0.1) is 0 Å². The maximum atomic E-state index is 14.3. The minimum absolute atomic E-state index is 0.105. The number of nitrogens with zero attached hydrogens (tertiary/aromatic N) is 3. The molecule has 8 nitrogen and oxygen atoms in total. The maximum absolute atomic E-state index is 14.3. The molecule has 0 aliphatic carbocycles. The summed E-state index contributed by atoms with van der Waals surface area (Å²) in [6, 6.07) is 6.05. The molecule has 37 heavy (non-hydrogen) atoms. The number of anilines is 1. The molecule has 1 aromatic rings. The molecule has 5 atom stereocenters. The fourth-order valence-electron chi connectivity index (χ4n) is 6.62. The molecule has 2 fully saturated rings. The zero-order valence-corrected chi connectivity index (χ0v) is 22.1. The van der Waals surface area contributed by atoms with Crippen LogP contribution in [0.15, 0.2) is 48.6 Å². The molecular weight excluding hydrogens is 494 g/mol. The van der Waals surface area contributed by atoms with E-state index in [1.165, 1.54) is 4.90 Å². The van der Waals surface area contributed by atoms with E-state index < -0.39 is 29.1 Å². The van der Waals surface area contributed by atoms with Crippen molar-refractivity contribution in [2.45, 2.75) is 50.4 Å². The fraction of sp³-hybridized carbons (Fsp3) is 0.536. The van der Waals surface area contributed by atoms with Gasteiger partial charge in [0, 0.05) is 43.5 Å². The summed E-state index contributed by atoms with van der Waals surface area (Å²) in [5.41, 5.74) is -1.61. The standard InChI is InChI=1S/C28H34ClN3O5/c1-3-14-30-15-5-12-27(4-2)21(24(30)34)22-25(35)32(17-7-18-33)23-26(36)31(16-6-13-28(22,23)37-27)20-10-8-19(29)9-11-20/h5-6,8-13,21-23,33H,3-4,7,14-18H2,1-2H3/t21-,22-,23?,27+,28-/m0/s1. The highest BCUT2D eigenvalue weighted by Gasteiger charge is 2.75. The van der Waals surface area contributed by atoms with Crippen molar-refractivity contribution >= 4 is 35.0 Å². The minimum Gasteiger partial charge on any atom is -0.396 e. The van der Waals surface area contributed by atoms with Crippen molar-refractivity contribution in [2.24, 2.45) is 11.8 Å². The molecule has 3 amide bonds. The smallest absolute Gasteiger partial charge is 0.253 e. The molecule has 2 saturated heterocycles. The number of amides is 3.